The highest BCUT2D eigenvalue weighted by atomic mass is 13.9. The molecule has 0 aliphatic heterocycles. The van der Waals surface area contributed by atoms with E-state index in [4.69, 9.17) is 0 Å². The fourth-order valence-electron chi connectivity index (χ4n) is 1.35. The van der Waals surface area contributed by atoms with Crippen LogP contribution in [0.5, 0.6) is 0 Å². The molecule has 2 rings (SSSR count). The van der Waals surface area contributed by atoms with Gasteiger partial charge in [0.15, 0.2) is 0 Å². The van der Waals surface area contributed by atoms with E-state index in [0.717, 1.165) is 5.56 Å². The Morgan fingerprint density at radius 1 is 0.750 bits per heavy atom. The third-order valence-electron chi connectivity index (χ3n) is 2.15. The minimum Gasteiger partial charge on any atom is -0.0696 e. The molecule has 0 N–H and O–H groups in total. The Labute approximate surface area is 96.3 Å². The molecule has 0 aromatic heterocycles. The van der Waals surface area contributed by atoms with E-state index in [1.165, 1.54) is 5.56 Å². The molecular weight excluding hydrogens is 192 g/mol. The third kappa shape index (κ3) is 3.15. The van der Waals surface area contributed by atoms with Crippen molar-refractivity contribution >= 4 is 6.08 Å². The van der Waals surface area contributed by atoms with Crippen molar-refractivity contribution in [3.8, 4) is 11.8 Å². The van der Waals surface area contributed by atoms with Gasteiger partial charge in [-0.2, -0.15) is 0 Å². The fourth-order valence-corrected chi connectivity index (χ4v) is 1.35. The molecule has 0 saturated carbocycles. The highest BCUT2D eigenvalue weighted by Crippen LogP contribution is 2.00. The molecule has 0 amide bonds. The lowest BCUT2D eigenvalue weighted by Gasteiger charge is -1.87. The number of hydrogen-bond donors (Lipinski definition) is 0. The first-order valence-corrected chi connectivity index (χ1v) is 5.23. The molecule has 16 heavy (non-hydrogen) atoms. The maximum atomic E-state index is 3.08. The molecule has 0 heterocycles. The van der Waals surface area contributed by atoms with Crippen molar-refractivity contribution in [2.75, 3.05) is 0 Å². The molecule has 0 aliphatic rings. The second-order valence-corrected chi connectivity index (χ2v) is 3.38. The summed E-state index contributed by atoms with van der Waals surface area (Å²) in [6.45, 7) is 0. The average molecular weight is 204 g/mol. The van der Waals surface area contributed by atoms with Gasteiger partial charge < -0.3 is 0 Å². The van der Waals surface area contributed by atoms with Gasteiger partial charge in [-0.3, -0.25) is 0 Å². The summed E-state index contributed by atoms with van der Waals surface area (Å²) in [5, 5.41) is 0. The van der Waals surface area contributed by atoms with Gasteiger partial charge in [0, 0.05) is 5.56 Å². The van der Waals surface area contributed by atoms with E-state index in [2.05, 4.69) is 24.0 Å². The Bertz CT molecular complexity index is 510. The number of rotatable bonds is 1. The maximum absolute atomic E-state index is 3.08. The Morgan fingerprint density at radius 3 is 2.06 bits per heavy atom. The zero-order valence-corrected chi connectivity index (χ0v) is 8.93. The van der Waals surface area contributed by atoms with E-state index in [-0.39, 0.29) is 0 Å². The molecule has 0 aliphatic carbocycles. The molecule has 0 fully saturated rings. The molecule has 2 aromatic rings. The highest BCUT2D eigenvalue weighted by Gasteiger charge is 1.81. The lowest BCUT2D eigenvalue weighted by Crippen LogP contribution is -1.70. The van der Waals surface area contributed by atoms with Gasteiger partial charge in [-0.15, -0.1) is 0 Å². The first-order chi connectivity index (χ1) is 7.95. The quantitative estimate of drug-likeness (QED) is 0.620. The third-order valence-corrected chi connectivity index (χ3v) is 2.15. The summed E-state index contributed by atoms with van der Waals surface area (Å²) in [5.74, 6) is 6.10. The Balaban J connectivity index is 2.03. The van der Waals surface area contributed by atoms with E-state index < -0.39 is 0 Å². The van der Waals surface area contributed by atoms with Crippen molar-refractivity contribution in [3.63, 3.8) is 0 Å². The summed E-state index contributed by atoms with van der Waals surface area (Å²) in [4.78, 5) is 0. The summed E-state index contributed by atoms with van der Waals surface area (Å²) in [6, 6.07) is 20.1. The van der Waals surface area contributed by atoms with Gasteiger partial charge in [-0.1, -0.05) is 60.4 Å². The Hall–Kier alpha value is -2.26. The molecule has 0 nitrogen and oxygen atoms in total. The van der Waals surface area contributed by atoms with Gasteiger partial charge in [-0.25, -0.2) is 0 Å². The first-order valence-electron chi connectivity index (χ1n) is 5.23. The smallest absolute Gasteiger partial charge is 0.0248 e. The predicted octanol–water partition coefficient (Wildman–Crippen LogP) is 3.75. The fraction of sp³-hybridized carbons (Fsp3) is 0. The van der Waals surface area contributed by atoms with Crippen molar-refractivity contribution in [2.24, 2.45) is 0 Å². The molecular formula is C16H12. The van der Waals surface area contributed by atoms with Gasteiger partial charge in [0.05, 0.1) is 0 Å². The van der Waals surface area contributed by atoms with Gasteiger partial charge in [0.2, 0.25) is 0 Å². The topological polar surface area (TPSA) is 0 Å². The van der Waals surface area contributed by atoms with E-state index in [1.807, 2.05) is 60.7 Å². The van der Waals surface area contributed by atoms with Crippen molar-refractivity contribution < 1.29 is 0 Å². The number of benzene rings is 2. The largest absolute Gasteiger partial charge is 0.0696 e. The summed E-state index contributed by atoms with van der Waals surface area (Å²) >= 11 is 0. The summed E-state index contributed by atoms with van der Waals surface area (Å²) in [7, 11) is 0. The molecule has 0 radical (unpaired) electrons. The Kier molecular flexibility index (Phi) is 3.58. The van der Waals surface area contributed by atoms with Crippen LogP contribution in [0.2, 0.25) is 0 Å². The van der Waals surface area contributed by atoms with Crippen LogP contribution in [0.4, 0.5) is 0 Å². The van der Waals surface area contributed by atoms with Crippen molar-refractivity contribution in [2.45, 2.75) is 0 Å². The van der Waals surface area contributed by atoms with Crippen LogP contribution < -0.4 is 0 Å². The van der Waals surface area contributed by atoms with Crippen molar-refractivity contribution in [1.82, 2.24) is 0 Å². The van der Waals surface area contributed by atoms with Crippen LogP contribution in [0.15, 0.2) is 66.7 Å². The first kappa shape index (κ1) is 10.3. The SMILES string of the molecule is C(#Cc1ccccc1)C=Cc1ccccc1. The maximum Gasteiger partial charge on any atom is 0.0248 e. The van der Waals surface area contributed by atoms with Crippen LogP contribution in [0.3, 0.4) is 0 Å². The van der Waals surface area contributed by atoms with Crippen molar-refractivity contribution in [3.05, 3.63) is 77.9 Å². The molecule has 0 saturated heterocycles. The second-order valence-electron chi connectivity index (χ2n) is 3.38. The zero-order chi connectivity index (χ0) is 11.1. The lowest BCUT2D eigenvalue weighted by molar-refractivity contribution is 1.65. The normalized spacial score (nSPS) is 9.75. The van der Waals surface area contributed by atoms with E-state index in [9.17, 15) is 0 Å². The predicted molar refractivity (Wildman–Crippen MR) is 68.8 cm³/mol. The standard InChI is InChI=1S/C16H12/c1-3-9-15(10-4-1)13-7-8-14-16-11-5-2-6-12-16/h1-7,9-13H. The number of hydrogen-bond acceptors (Lipinski definition) is 0. The minimum atomic E-state index is 1.04. The molecule has 0 atom stereocenters. The summed E-state index contributed by atoms with van der Waals surface area (Å²) in [5.41, 5.74) is 2.21. The average Bonchev–Trinajstić information content (AvgIpc) is 2.37. The van der Waals surface area contributed by atoms with E-state index in [0.29, 0.717) is 0 Å². The highest BCUT2D eigenvalue weighted by molar-refractivity contribution is 5.53. The molecule has 0 unspecified atom stereocenters. The molecule has 0 bridgehead atoms. The van der Waals surface area contributed by atoms with Gasteiger partial charge in [-0.05, 0) is 29.8 Å². The van der Waals surface area contributed by atoms with Crippen LogP contribution in [0.25, 0.3) is 6.08 Å². The van der Waals surface area contributed by atoms with Crippen LogP contribution in [0.1, 0.15) is 11.1 Å². The molecule has 0 heteroatoms. The minimum absolute atomic E-state index is 1.04. The van der Waals surface area contributed by atoms with Crippen molar-refractivity contribution in [1.29, 1.82) is 0 Å². The van der Waals surface area contributed by atoms with Crippen LogP contribution in [-0.4, -0.2) is 0 Å². The van der Waals surface area contributed by atoms with Crippen LogP contribution >= 0.6 is 0 Å². The van der Waals surface area contributed by atoms with Gasteiger partial charge >= 0.3 is 0 Å². The van der Waals surface area contributed by atoms with Gasteiger partial charge in [0.25, 0.3) is 0 Å². The van der Waals surface area contributed by atoms with Crippen LogP contribution in [0, 0.1) is 11.8 Å². The molecule has 2 aromatic carbocycles. The molecule has 76 valence electrons. The molecule has 0 spiro atoms. The summed E-state index contributed by atoms with van der Waals surface area (Å²) < 4.78 is 0. The van der Waals surface area contributed by atoms with Gasteiger partial charge in [0.1, 0.15) is 0 Å². The monoisotopic (exact) mass is 204 g/mol. The van der Waals surface area contributed by atoms with E-state index >= 15 is 0 Å². The zero-order valence-electron chi connectivity index (χ0n) is 8.93. The van der Waals surface area contributed by atoms with E-state index in [1.54, 1.807) is 0 Å². The Morgan fingerprint density at radius 2 is 1.38 bits per heavy atom. The lowest BCUT2D eigenvalue weighted by atomic mass is 10.2. The van der Waals surface area contributed by atoms with Crippen LogP contribution in [-0.2, 0) is 0 Å². The summed E-state index contributed by atoms with van der Waals surface area (Å²) in [6.07, 6.45) is 3.89. The number of allylic oxidation sites excluding steroid dienone is 1. The second kappa shape index (κ2) is 5.58.